The zero-order valence-electron chi connectivity index (χ0n) is 16.0. The van der Waals surface area contributed by atoms with Crippen molar-refractivity contribution in [3.05, 3.63) is 59.1 Å². The van der Waals surface area contributed by atoms with Gasteiger partial charge in [0.2, 0.25) is 5.91 Å². The zero-order valence-corrected chi connectivity index (χ0v) is 16.8. The first-order valence-electron chi connectivity index (χ1n) is 9.06. The Bertz CT molecular complexity index is 965. The number of carbonyl (C=O) groups excluding carboxylic acids is 2. The van der Waals surface area contributed by atoms with Gasteiger partial charge in [-0.3, -0.25) is 9.59 Å². The Morgan fingerprint density at radius 3 is 2.71 bits per heavy atom. The minimum atomic E-state index is -0.264. The summed E-state index contributed by atoms with van der Waals surface area (Å²) >= 11 is 1.37. The van der Waals surface area contributed by atoms with E-state index in [1.54, 1.807) is 18.1 Å². The molecule has 0 saturated carbocycles. The van der Waals surface area contributed by atoms with Gasteiger partial charge < -0.3 is 15.0 Å². The van der Waals surface area contributed by atoms with Crippen LogP contribution in [-0.4, -0.2) is 48.5 Å². The minimum absolute atomic E-state index is 0.0373. The monoisotopic (exact) mass is 397 g/mol. The molecule has 7 heteroatoms. The van der Waals surface area contributed by atoms with Gasteiger partial charge in [0.1, 0.15) is 6.54 Å². The Balaban J connectivity index is 1.79. The standard InChI is InChI=1S/C21H23N3O3S/c1-15-14-28-21(22-15)23-19(25)13-24(11-6-12-27-2)20(26)18-10-5-8-16-7-3-4-9-17(16)18/h3-5,7-10,14H,6,11-13H2,1-2H3,(H,22,23,25). The van der Waals surface area contributed by atoms with Crippen molar-refractivity contribution in [1.82, 2.24) is 9.88 Å². The molecule has 0 bridgehead atoms. The maximum atomic E-state index is 13.2. The predicted octanol–water partition coefficient (Wildman–Crippen LogP) is 3.72. The van der Waals surface area contributed by atoms with Gasteiger partial charge in [-0.05, 0) is 30.2 Å². The number of nitrogens with one attached hydrogen (secondary N) is 1. The van der Waals surface area contributed by atoms with Gasteiger partial charge in [0.05, 0.1) is 5.69 Å². The molecule has 0 aliphatic carbocycles. The van der Waals surface area contributed by atoms with Crippen molar-refractivity contribution < 1.29 is 14.3 Å². The molecule has 0 spiro atoms. The van der Waals surface area contributed by atoms with Crippen molar-refractivity contribution in [3.8, 4) is 0 Å². The van der Waals surface area contributed by atoms with Crippen molar-refractivity contribution >= 4 is 39.1 Å². The van der Waals surface area contributed by atoms with E-state index < -0.39 is 0 Å². The van der Waals surface area contributed by atoms with E-state index in [1.165, 1.54) is 11.3 Å². The number of rotatable bonds is 8. The molecule has 146 valence electrons. The molecule has 1 aromatic heterocycles. The maximum Gasteiger partial charge on any atom is 0.254 e. The second-order valence-corrected chi connectivity index (χ2v) is 7.30. The fraction of sp³-hybridized carbons (Fsp3) is 0.286. The summed E-state index contributed by atoms with van der Waals surface area (Å²) in [6.45, 7) is 2.78. The van der Waals surface area contributed by atoms with Crippen molar-refractivity contribution in [2.45, 2.75) is 13.3 Å². The molecule has 1 heterocycles. The number of thiazole rings is 1. The van der Waals surface area contributed by atoms with Crippen LogP contribution < -0.4 is 5.32 Å². The average Bonchev–Trinajstić information content (AvgIpc) is 3.10. The first-order valence-corrected chi connectivity index (χ1v) is 9.94. The summed E-state index contributed by atoms with van der Waals surface area (Å²) in [6, 6.07) is 13.4. The van der Waals surface area contributed by atoms with Gasteiger partial charge in [-0.2, -0.15) is 0 Å². The molecule has 0 unspecified atom stereocenters. The topological polar surface area (TPSA) is 71.5 Å². The molecule has 28 heavy (non-hydrogen) atoms. The molecule has 3 aromatic rings. The maximum absolute atomic E-state index is 13.2. The Kier molecular flexibility index (Phi) is 6.73. The summed E-state index contributed by atoms with van der Waals surface area (Å²) in [7, 11) is 1.62. The van der Waals surface area contributed by atoms with E-state index in [0.717, 1.165) is 16.5 Å². The highest BCUT2D eigenvalue weighted by Gasteiger charge is 2.21. The number of anilines is 1. The number of methoxy groups -OCH3 is 1. The molecular formula is C21H23N3O3S. The number of amides is 2. The third-order valence-corrected chi connectivity index (χ3v) is 5.16. The highest BCUT2D eigenvalue weighted by molar-refractivity contribution is 7.13. The molecule has 2 amide bonds. The van der Waals surface area contributed by atoms with Crippen LogP contribution >= 0.6 is 11.3 Å². The SMILES string of the molecule is COCCCN(CC(=O)Nc1nc(C)cs1)C(=O)c1cccc2ccccc12. The van der Waals surface area contributed by atoms with Crippen LogP contribution in [0.4, 0.5) is 5.13 Å². The van der Waals surface area contributed by atoms with E-state index in [2.05, 4.69) is 10.3 Å². The second-order valence-electron chi connectivity index (χ2n) is 6.44. The summed E-state index contributed by atoms with van der Waals surface area (Å²) in [4.78, 5) is 31.5. The van der Waals surface area contributed by atoms with Crippen molar-refractivity contribution in [2.75, 3.05) is 32.1 Å². The predicted molar refractivity (Wildman–Crippen MR) is 112 cm³/mol. The van der Waals surface area contributed by atoms with Gasteiger partial charge in [-0.25, -0.2) is 4.98 Å². The van der Waals surface area contributed by atoms with Crippen molar-refractivity contribution in [3.63, 3.8) is 0 Å². The molecule has 6 nitrogen and oxygen atoms in total. The smallest absolute Gasteiger partial charge is 0.254 e. The number of ether oxygens (including phenoxy) is 1. The normalized spacial score (nSPS) is 10.8. The number of aromatic nitrogens is 1. The zero-order chi connectivity index (χ0) is 19.9. The molecule has 0 atom stereocenters. The number of fused-ring (bicyclic) bond motifs is 1. The average molecular weight is 398 g/mol. The van der Waals surface area contributed by atoms with E-state index in [-0.39, 0.29) is 18.4 Å². The summed E-state index contributed by atoms with van der Waals surface area (Å²) < 4.78 is 5.10. The first-order chi connectivity index (χ1) is 13.6. The molecule has 0 radical (unpaired) electrons. The lowest BCUT2D eigenvalue weighted by Gasteiger charge is -2.22. The summed E-state index contributed by atoms with van der Waals surface area (Å²) in [5.41, 5.74) is 1.44. The van der Waals surface area contributed by atoms with Gasteiger partial charge in [0.15, 0.2) is 5.13 Å². The van der Waals surface area contributed by atoms with E-state index >= 15 is 0 Å². The van der Waals surface area contributed by atoms with Gasteiger partial charge >= 0.3 is 0 Å². The number of nitrogens with zero attached hydrogens (tertiary/aromatic N) is 2. The summed E-state index contributed by atoms with van der Waals surface area (Å²) in [5, 5.41) is 7.05. The lowest BCUT2D eigenvalue weighted by molar-refractivity contribution is -0.116. The third-order valence-electron chi connectivity index (χ3n) is 4.28. The number of hydrogen-bond donors (Lipinski definition) is 1. The van der Waals surface area contributed by atoms with Crippen LogP contribution in [0.15, 0.2) is 47.8 Å². The van der Waals surface area contributed by atoms with E-state index in [0.29, 0.717) is 30.3 Å². The van der Waals surface area contributed by atoms with Gasteiger partial charge in [-0.1, -0.05) is 36.4 Å². The lowest BCUT2D eigenvalue weighted by atomic mass is 10.0. The third kappa shape index (κ3) is 4.94. The Morgan fingerprint density at radius 2 is 1.96 bits per heavy atom. The largest absolute Gasteiger partial charge is 0.385 e. The molecule has 3 rings (SSSR count). The van der Waals surface area contributed by atoms with Crippen molar-refractivity contribution in [2.24, 2.45) is 0 Å². The van der Waals surface area contributed by atoms with Gasteiger partial charge in [0, 0.05) is 31.2 Å². The molecular weight excluding hydrogens is 374 g/mol. The molecule has 2 aromatic carbocycles. The fourth-order valence-corrected chi connectivity index (χ4v) is 3.68. The van der Waals surface area contributed by atoms with Gasteiger partial charge in [-0.15, -0.1) is 11.3 Å². The number of benzene rings is 2. The molecule has 0 aliphatic rings. The molecule has 0 fully saturated rings. The van der Waals surface area contributed by atoms with Crippen LogP contribution in [0.2, 0.25) is 0 Å². The van der Waals surface area contributed by atoms with Crippen LogP contribution in [-0.2, 0) is 9.53 Å². The Morgan fingerprint density at radius 1 is 1.18 bits per heavy atom. The van der Waals surface area contributed by atoms with Crippen LogP contribution in [0.5, 0.6) is 0 Å². The van der Waals surface area contributed by atoms with E-state index in [4.69, 9.17) is 4.74 Å². The van der Waals surface area contributed by atoms with Crippen LogP contribution in [0.25, 0.3) is 10.8 Å². The van der Waals surface area contributed by atoms with E-state index in [9.17, 15) is 9.59 Å². The lowest BCUT2D eigenvalue weighted by Crippen LogP contribution is -2.39. The van der Waals surface area contributed by atoms with Crippen LogP contribution in [0.1, 0.15) is 22.5 Å². The van der Waals surface area contributed by atoms with E-state index in [1.807, 2.05) is 48.7 Å². The summed E-state index contributed by atoms with van der Waals surface area (Å²) in [5.74, 6) is -0.432. The van der Waals surface area contributed by atoms with Gasteiger partial charge in [0.25, 0.3) is 5.91 Å². The molecule has 0 aliphatic heterocycles. The highest BCUT2D eigenvalue weighted by atomic mass is 32.1. The number of aryl methyl sites for hydroxylation is 1. The number of hydrogen-bond acceptors (Lipinski definition) is 5. The van der Waals surface area contributed by atoms with Crippen molar-refractivity contribution in [1.29, 1.82) is 0 Å². The van der Waals surface area contributed by atoms with Crippen LogP contribution in [0.3, 0.4) is 0 Å². The minimum Gasteiger partial charge on any atom is -0.385 e. The summed E-state index contributed by atoms with van der Waals surface area (Å²) in [6.07, 6.45) is 0.649. The molecule has 0 saturated heterocycles. The highest BCUT2D eigenvalue weighted by Crippen LogP contribution is 2.20. The Labute approximate surface area is 168 Å². The fourth-order valence-electron chi connectivity index (χ4n) is 2.98. The molecule has 1 N–H and O–H groups in total. The second kappa shape index (κ2) is 9.43. The first kappa shape index (κ1) is 20.0. The Hall–Kier alpha value is -2.77. The number of carbonyl (C=O) groups is 2. The quantitative estimate of drug-likeness (QED) is 0.588. The van der Waals surface area contributed by atoms with Crippen LogP contribution in [0, 0.1) is 6.92 Å².